The molecule has 1 aliphatic rings. The molecule has 1 atom stereocenters. The summed E-state index contributed by atoms with van der Waals surface area (Å²) in [5, 5.41) is 0. The Bertz CT molecular complexity index is 498. The van der Waals surface area contributed by atoms with Crippen LogP contribution in [-0.2, 0) is 11.2 Å². The molecule has 1 unspecified atom stereocenters. The number of amides is 1. The maximum Gasteiger partial charge on any atom is 0.222 e. The van der Waals surface area contributed by atoms with Gasteiger partial charge in [-0.25, -0.2) is 0 Å². The number of rotatable bonds is 7. The van der Waals surface area contributed by atoms with Gasteiger partial charge in [-0.05, 0) is 55.7 Å². The lowest BCUT2D eigenvalue weighted by Crippen LogP contribution is -2.39. The summed E-state index contributed by atoms with van der Waals surface area (Å²) in [6, 6.07) is 8.28. The topological polar surface area (TPSA) is 29.5 Å². The predicted molar refractivity (Wildman–Crippen MR) is 90.1 cm³/mol. The first-order valence-corrected chi connectivity index (χ1v) is 8.24. The zero-order valence-electron chi connectivity index (χ0n) is 13.6. The van der Waals surface area contributed by atoms with Gasteiger partial charge < -0.3 is 9.64 Å². The van der Waals surface area contributed by atoms with Gasteiger partial charge in [-0.15, -0.1) is 6.58 Å². The maximum absolute atomic E-state index is 12.1. The van der Waals surface area contributed by atoms with E-state index in [1.807, 2.05) is 23.1 Å². The van der Waals surface area contributed by atoms with Gasteiger partial charge in [-0.3, -0.25) is 4.79 Å². The number of hydrogen-bond donors (Lipinski definition) is 0. The molecule has 0 aromatic heterocycles. The third-order valence-corrected chi connectivity index (χ3v) is 4.41. The van der Waals surface area contributed by atoms with Crippen LogP contribution in [0.5, 0.6) is 5.75 Å². The lowest BCUT2D eigenvalue weighted by atomic mass is 9.91. The summed E-state index contributed by atoms with van der Waals surface area (Å²) in [5.41, 5.74) is 1.31. The molecule has 1 saturated heterocycles. The van der Waals surface area contributed by atoms with Crippen LogP contribution in [0.4, 0.5) is 0 Å². The molecule has 1 fully saturated rings. The fourth-order valence-corrected chi connectivity index (χ4v) is 3.11. The molecule has 1 aliphatic heterocycles. The van der Waals surface area contributed by atoms with E-state index in [1.54, 1.807) is 7.11 Å². The lowest BCUT2D eigenvalue weighted by Gasteiger charge is -2.33. The SMILES string of the molecule is C=CCCC(=O)N1CCCC(CCc2cccc(OC)c2)C1. The summed E-state index contributed by atoms with van der Waals surface area (Å²) in [5.74, 6) is 1.82. The smallest absolute Gasteiger partial charge is 0.222 e. The van der Waals surface area contributed by atoms with E-state index in [0.29, 0.717) is 12.3 Å². The predicted octanol–water partition coefficient (Wildman–Crippen LogP) is 3.83. The van der Waals surface area contributed by atoms with Gasteiger partial charge in [-0.1, -0.05) is 18.2 Å². The highest BCUT2D eigenvalue weighted by molar-refractivity contribution is 5.76. The number of methoxy groups -OCH3 is 1. The van der Waals surface area contributed by atoms with E-state index in [2.05, 4.69) is 18.7 Å². The monoisotopic (exact) mass is 301 g/mol. The van der Waals surface area contributed by atoms with E-state index >= 15 is 0 Å². The number of carbonyl (C=O) groups is 1. The van der Waals surface area contributed by atoms with Crippen LogP contribution in [0.15, 0.2) is 36.9 Å². The van der Waals surface area contributed by atoms with Crippen molar-refractivity contribution in [2.45, 2.75) is 38.5 Å². The van der Waals surface area contributed by atoms with Crippen molar-refractivity contribution in [1.29, 1.82) is 0 Å². The first-order chi connectivity index (χ1) is 10.7. The summed E-state index contributed by atoms with van der Waals surface area (Å²) >= 11 is 0. The number of nitrogens with zero attached hydrogens (tertiary/aromatic N) is 1. The van der Waals surface area contributed by atoms with E-state index in [9.17, 15) is 4.79 Å². The Hall–Kier alpha value is -1.77. The molecule has 3 heteroatoms. The van der Waals surface area contributed by atoms with Crippen LogP contribution in [0, 0.1) is 5.92 Å². The van der Waals surface area contributed by atoms with Crippen molar-refractivity contribution in [3.8, 4) is 5.75 Å². The van der Waals surface area contributed by atoms with Crippen LogP contribution in [0.1, 0.15) is 37.7 Å². The standard InChI is InChI=1S/C19H27NO2/c1-3-4-10-19(21)20-13-6-8-17(15-20)12-11-16-7-5-9-18(14-16)22-2/h3,5,7,9,14,17H,1,4,6,8,10-13,15H2,2H3. The number of allylic oxidation sites excluding steroid dienone is 1. The third kappa shape index (κ3) is 4.90. The highest BCUT2D eigenvalue weighted by atomic mass is 16.5. The summed E-state index contributed by atoms with van der Waals surface area (Å²) < 4.78 is 5.27. The van der Waals surface area contributed by atoms with Crippen LogP contribution >= 0.6 is 0 Å². The molecule has 3 nitrogen and oxygen atoms in total. The summed E-state index contributed by atoms with van der Waals surface area (Å²) in [6.45, 7) is 5.53. The minimum absolute atomic E-state index is 0.283. The molecular weight excluding hydrogens is 274 g/mol. The van der Waals surface area contributed by atoms with Gasteiger partial charge in [0.05, 0.1) is 7.11 Å². The van der Waals surface area contributed by atoms with Gasteiger partial charge in [0.2, 0.25) is 5.91 Å². The number of likely N-dealkylation sites (tertiary alicyclic amines) is 1. The van der Waals surface area contributed by atoms with E-state index in [-0.39, 0.29) is 5.91 Å². The van der Waals surface area contributed by atoms with Crippen molar-refractivity contribution in [2.24, 2.45) is 5.92 Å². The summed E-state index contributed by atoms with van der Waals surface area (Å²) in [4.78, 5) is 14.2. The Morgan fingerprint density at radius 1 is 1.50 bits per heavy atom. The molecule has 1 aromatic carbocycles. The van der Waals surface area contributed by atoms with Gasteiger partial charge in [0.25, 0.3) is 0 Å². The fraction of sp³-hybridized carbons (Fsp3) is 0.526. The fourth-order valence-electron chi connectivity index (χ4n) is 3.11. The van der Waals surface area contributed by atoms with Crippen molar-refractivity contribution < 1.29 is 9.53 Å². The third-order valence-electron chi connectivity index (χ3n) is 4.41. The summed E-state index contributed by atoms with van der Waals surface area (Å²) in [6.07, 6.45) is 7.75. The van der Waals surface area contributed by atoms with E-state index in [0.717, 1.165) is 44.5 Å². The van der Waals surface area contributed by atoms with Crippen molar-refractivity contribution in [2.75, 3.05) is 20.2 Å². The van der Waals surface area contributed by atoms with Gasteiger partial charge in [0, 0.05) is 19.5 Å². The molecule has 1 aromatic rings. The van der Waals surface area contributed by atoms with E-state index < -0.39 is 0 Å². The Labute approximate surface area is 134 Å². The van der Waals surface area contributed by atoms with Crippen LogP contribution in [-0.4, -0.2) is 31.0 Å². The van der Waals surface area contributed by atoms with E-state index in [1.165, 1.54) is 12.0 Å². The van der Waals surface area contributed by atoms with Crippen molar-refractivity contribution in [3.05, 3.63) is 42.5 Å². The van der Waals surface area contributed by atoms with Gasteiger partial charge in [0.15, 0.2) is 0 Å². The zero-order valence-corrected chi connectivity index (χ0v) is 13.6. The molecule has 0 saturated carbocycles. The average molecular weight is 301 g/mol. The molecule has 0 aliphatic carbocycles. The van der Waals surface area contributed by atoms with Gasteiger partial charge in [0.1, 0.15) is 5.75 Å². The van der Waals surface area contributed by atoms with Gasteiger partial charge in [-0.2, -0.15) is 0 Å². The number of ether oxygens (including phenoxy) is 1. The average Bonchev–Trinajstić information content (AvgIpc) is 2.58. The molecule has 0 radical (unpaired) electrons. The van der Waals surface area contributed by atoms with Crippen LogP contribution in [0.2, 0.25) is 0 Å². The lowest BCUT2D eigenvalue weighted by molar-refractivity contribution is -0.132. The number of benzene rings is 1. The largest absolute Gasteiger partial charge is 0.497 e. The minimum atomic E-state index is 0.283. The van der Waals surface area contributed by atoms with Crippen LogP contribution in [0.25, 0.3) is 0 Å². The number of aryl methyl sites for hydroxylation is 1. The van der Waals surface area contributed by atoms with Crippen molar-refractivity contribution >= 4 is 5.91 Å². The molecule has 1 amide bonds. The van der Waals surface area contributed by atoms with Crippen LogP contribution < -0.4 is 4.74 Å². The molecule has 2 rings (SSSR count). The quantitative estimate of drug-likeness (QED) is 0.716. The minimum Gasteiger partial charge on any atom is -0.497 e. The van der Waals surface area contributed by atoms with Crippen LogP contribution in [0.3, 0.4) is 0 Å². The highest BCUT2D eigenvalue weighted by Crippen LogP contribution is 2.23. The Kier molecular flexibility index (Phi) is 6.50. The number of carbonyl (C=O) groups excluding carboxylic acids is 1. The highest BCUT2D eigenvalue weighted by Gasteiger charge is 2.22. The Morgan fingerprint density at radius 2 is 2.36 bits per heavy atom. The second kappa shape index (κ2) is 8.62. The summed E-state index contributed by atoms with van der Waals surface area (Å²) in [7, 11) is 1.70. The first kappa shape index (κ1) is 16.6. The molecular formula is C19H27NO2. The molecule has 0 bridgehead atoms. The molecule has 0 spiro atoms. The Balaban J connectivity index is 1.82. The number of piperidine rings is 1. The second-order valence-corrected chi connectivity index (χ2v) is 6.07. The van der Waals surface area contributed by atoms with E-state index in [4.69, 9.17) is 4.74 Å². The first-order valence-electron chi connectivity index (χ1n) is 8.24. The Morgan fingerprint density at radius 3 is 3.14 bits per heavy atom. The molecule has 0 N–H and O–H groups in total. The van der Waals surface area contributed by atoms with Gasteiger partial charge >= 0.3 is 0 Å². The zero-order chi connectivity index (χ0) is 15.8. The van der Waals surface area contributed by atoms with Crippen molar-refractivity contribution in [3.63, 3.8) is 0 Å². The molecule has 22 heavy (non-hydrogen) atoms. The van der Waals surface area contributed by atoms with Crippen molar-refractivity contribution in [1.82, 2.24) is 4.90 Å². The number of hydrogen-bond acceptors (Lipinski definition) is 2. The maximum atomic E-state index is 12.1. The normalized spacial score (nSPS) is 18.0. The second-order valence-electron chi connectivity index (χ2n) is 6.07. The molecule has 120 valence electrons. The molecule has 1 heterocycles.